The lowest BCUT2D eigenvalue weighted by molar-refractivity contribution is -0.113. The first-order chi connectivity index (χ1) is 14.3. The van der Waals surface area contributed by atoms with E-state index in [0.29, 0.717) is 0 Å². The number of hydrogen-bond acceptors (Lipinski definition) is 6. The molecule has 1 atom stereocenters. The predicted molar refractivity (Wildman–Crippen MR) is 111 cm³/mol. The average molecular weight is 445 g/mol. The van der Waals surface area contributed by atoms with Gasteiger partial charge in [0, 0.05) is 12.8 Å². The van der Waals surface area contributed by atoms with Crippen LogP contribution in [0.1, 0.15) is 12.8 Å². The van der Waals surface area contributed by atoms with Crippen LogP contribution < -0.4 is 0 Å². The third-order valence-electron chi connectivity index (χ3n) is 5.27. The first-order valence-corrected chi connectivity index (χ1v) is 12.5. The number of sulfone groups is 2. The van der Waals surface area contributed by atoms with Crippen LogP contribution in [-0.2, 0) is 29.2 Å². The Morgan fingerprint density at radius 1 is 0.833 bits per heavy atom. The zero-order valence-corrected chi connectivity index (χ0v) is 17.7. The van der Waals surface area contributed by atoms with E-state index in [1.165, 1.54) is 30.3 Å². The highest BCUT2D eigenvalue weighted by atomic mass is 32.2. The van der Waals surface area contributed by atoms with Gasteiger partial charge in [-0.1, -0.05) is 36.4 Å². The van der Waals surface area contributed by atoms with Crippen molar-refractivity contribution in [3.63, 3.8) is 0 Å². The lowest BCUT2D eigenvalue weighted by atomic mass is 10.0. The van der Waals surface area contributed by atoms with Gasteiger partial charge < -0.3 is 4.74 Å². The summed E-state index contributed by atoms with van der Waals surface area (Å²) in [5.41, 5.74) is 0.509. The van der Waals surface area contributed by atoms with Gasteiger partial charge in [0.25, 0.3) is 0 Å². The minimum Gasteiger partial charge on any atom is -0.379 e. The molecule has 0 N–H and O–H groups in total. The second-order valence-electron chi connectivity index (χ2n) is 7.13. The zero-order chi connectivity index (χ0) is 21.4. The van der Waals surface area contributed by atoms with Gasteiger partial charge in [0.1, 0.15) is 5.25 Å². The molecule has 1 unspecified atom stereocenters. The summed E-state index contributed by atoms with van der Waals surface area (Å²) in [5.74, 6) is -0.309. The van der Waals surface area contributed by atoms with Crippen molar-refractivity contribution >= 4 is 25.5 Å². The maximum absolute atomic E-state index is 13.3. The third-order valence-corrected chi connectivity index (χ3v) is 9.33. The smallest absolute Gasteiger partial charge is 0.203 e. The van der Waals surface area contributed by atoms with Crippen LogP contribution in [0.15, 0.2) is 92.6 Å². The number of carbonyl (C=O) groups excluding carboxylic acids is 1. The molecule has 4 rings (SSSR count). The maximum Gasteiger partial charge on any atom is 0.203 e. The Balaban J connectivity index is 1.88. The Hall–Kier alpha value is -2.55. The number of carbonyl (C=O) groups is 1. The van der Waals surface area contributed by atoms with Gasteiger partial charge in [0.15, 0.2) is 15.6 Å². The van der Waals surface area contributed by atoms with Gasteiger partial charge in [-0.2, -0.15) is 0 Å². The Morgan fingerprint density at radius 3 is 2.07 bits per heavy atom. The first-order valence-electron chi connectivity index (χ1n) is 9.45. The van der Waals surface area contributed by atoms with E-state index in [0.717, 1.165) is 0 Å². The van der Waals surface area contributed by atoms with Gasteiger partial charge in [0.2, 0.25) is 9.84 Å². The Labute approximate surface area is 175 Å². The van der Waals surface area contributed by atoms with E-state index in [1.807, 2.05) is 0 Å². The van der Waals surface area contributed by atoms with Crippen LogP contribution in [0.4, 0.5) is 0 Å². The molecule has 0 amide bonds. The van der Waals surface area contributed by atoms with Gasteiger partial charge >= 0.3 is 0 Å². The van der Waals surface area contributed by atoms with Crippen LogP contribution in [0.2, 0.25) is 0 Å². The monoisotopic (exact) mass is 444 g/mol. The summed E-state index contributed by atoms with van der Waals surface area (Å²) in [6, 6.07) is 15.8. The van der Waals surface area contributed by atoms with Gasteiger partial charge in [-0.3, -0.25) is 4.79 Å². The number of rotatable bonds is 4. The lowest BCUT2D eigenvalue weighted by Gasteiger charge is -2.25. The Morgan fingerprint density at radius 2 is 1.43 bits per heavy atom. The van der Waals surface area contributed by atoms with E-state index in [2.05, 4.69) is 0 Å². The molecule has 2 aromatic rings. The van der Waals surface area contributed by atoms with Gasteiger partial charge in [-0.05, 0) is 41.5 Å². The van der Waals surface area contributed by atoms with E-state index in [4.69, 9.17) is 4.74 Å². The quantitative estimate of drug-likeness (QED) is 0.720. The van der Waals surface area contributed by atoms with Crippen molar-refractivity contribution in [1.82, 2.24) is 0 Å². The summed E-state index contributed by atoms with van der Waals surface area (Å²) in [4.78, 5) is 12.6. The molecular weight excluding hydrogens is 424 g/mol. The van der Waals surface area contributed by atoms with Crippen LogP contribution in [0.5, 0.6) is 0 Å². The molecular formula is C22H20O6S2. The van der Waals surface area contributed by atoms with E-state index in [1.54, 1.807) is 36.4 Å². The fourth-order valence-electron chi connectivity index (χ4n) is 3.80. The third kappa shape index (κ3) is 3.66. The fraction of sp³-hybridized carbons (Fsp3) is 0.227. The molecule has 1 aliphatic carbocycles. The SMILES string of the molecule is O=C1C=C2/C(=C(/S(=O)(=O)c3ccccc3)CCOCC2S(=O)(=O)c2ccccc2)C1. The van der Waals surface area contributed by atoms with Crippen molar-refractivity contribution in [2.24, 2.45) is 0 Å². The molecule has 2 aliphatic rings. The average Bonchev–Trinajstić information content (AvgIpc) is 3.09. The highest BCUT2D eigenvalue weighted by molar-refractivity contribution is 7.95. The molecule has 0 spiro atoms. The molecule has 8 heteroatoms. The summed E-state index contributed by atoms with van der Waals surface area (Å²) >= 11 is 0. The lowest BCUT2D eigenvalue weighted by Crippen LogP contribution is -2.31. The minimum absolute atomic E-state index is 0.0488. The van der Waals surface area contributed by atoms with E-state index in [9.17, 15) is 21.6 Å². The van der Waals surface area contributed by atoms with Crippen molar-refractivity contribution in [2.75, 3.05) is 13.2 Å². The molecule has 1 heterocycles. The summed E-state index contributed by atoms with van der Waals surface area (Å²) in [5, 5.41) is -1.15. The number of hydrogen-bond donors (Lipinski definition) is 0. The zero-order valence-electron chi connectivity index (χ0n) is 16.0. The van der Waals surface area contributed by atoms with Crippen molar-refractivity contribution < 1.29 is 26.4 Å². The van der Waals surface area contributed by atoms with Gasteiger partial charge in [-0.25, -0.2) is 16.8 Å². The van der Waals surface area contributed by atoms with Gasteiger partial charge in [-0.15, -0.1) is 0 Å². The number of fused-ring (bicyclic) bond motifs is 1. The molecule has 2 aromatic carbocycles. The van der Waals surface area contributed by atoms with Crippen molar-refractivity contribution in [1.29, 1.82) is 0 Å². The fourth-order valence-corrected chi connectivity index (χ4v) is 7.15. The molecule has 1 aliphatic heterocycles. The molecule has 0 radical (unpaired) electrons. The molecule has 30 heavy (non-hydrogen) atoms. The van der Waals surface area contributed by atoms with E-state index >= 15 is 0 Å². The molecule has 0 saturated carbocycles. The molecule has 6 nitrogen and oxygen atoms in total. The summed E-state index contributed by atoms with van der Waals surface area (Å²) in [7, 11) is -7.79. The second-order valence-corrected chi connectivity index (χ2v) is 11.2. The Kier molecular flexibility index (Phi) is 5.48. The summed E-state index contributed by atoms with van der Waals surface area (Å²) in [6.45, 7) is -0.0916. The van der Waals surface area contributed by atoms with Crippen LogP contribution >= 0.6 is 0 Å². The maximum atomic E-state index is 13.3. The van der Waals surface area contributed by atoms with Crippen molar-refractivity contribution in [3.05, 3.63) is 82.8 Å². The molecule has 0 fully saturated rings. The minimum atomic E-state index is -3.90. The molecule has 0 bridgehead atoms. The van der Waals surface area contributed by atoms with Crippen LogP contribution in [0.3, 0.4) is 0 Å². The topological polar surface area (TPSA) is 94.6 Å². The number of benzene rings is 2. The van der Waals surface area contributed by atoms with Crippen LogP contribution in [-0.4, -0.2) is 41.1 Å². The predicted octanol–water partition coefficient (Wildman–Crippen LogP) is 2.88. The van der Waals surface area contributed by atoms with Crippen LogP contribution in [0, 0.1) is 0 Å². The standard InChI is InChI=1S/C22H20O6S2/c23-16-13-19-20(14-16)22(30(26,27)18-9-5-2-6-10-18)15-28-12-11-21(19)29(24,25)17-7-3-1-4-8-17/h1-10,14,22H,11-13,15H2/b21-19+. The molecule has 0 saturated heterocycles. The largest absolute Gasteiger partial charge is 0.379 e. The highest BCUT2D eigenvalue weighted by Gasteiger charge is 2.40. The van der Waals surface area contributed by atoms with Crippen LogP contribution in [0.25, 0.3) is 0 Å². The Bertz CT molecular complexity index is 1240. The molecule has 0 aromatic heterocycles. The summed E-state index contributed by atoms with van der Waals surface area (Å²) < 4.78 is 58.9. The normalized spacial score (nSPS) is 22.7. The number of allylic oxidation sites excluding steroid dienone is 2. The number of ketones is 1. The van der Waals surface area contributed by atoms with Gasteiger partial charge in [0.05, 0.1) is 27.9 Å². The first kappa shape index (κ1) is 20.7. The highest BCUT2D eigenvalue weighted by Crippen LogP contribution is 2.39. The van der Waals surface area contributed by atoms with Crippen molar-refractivity contribution in [3.8, 4) is 0 Å². The van der Waals surface area contributed by atoms with E-state index in [-0.39, 0.29) is 57.7 Å². The van der Waals surface area contributed by atoms with Crippen molar-refractivity contribution in [2.45, 2.75) is 27.9 Å². The van der Waals surface area contributed by atoms with E-state index < -0.39 is 24.9 Å². The number of ether oxygens (including phenoxy) is 1. The second kappa shape index (κ2) is 7.94. The molecule has 156 valence electrons. The summed E-state index contributed by atoms with van der Waals surface area (Å²) in [6.07, 6.45) is 1.21.